The first-order valence-electron chi connectivity index (χ1n) is 6.73. The Balaban J connectivity index is 1.91. The Kier molecular flexibility index (Phi) is 3.56. The lowest BCUT2D eigenvalue weighted by Gasteiger charge is -2.28. The highest BCUT2D eigenvalue weighted by atomic mass is 127. The summed E-state index contributed by atoms with van der Waals surface area (Å²) in [6, 6.07) is 2.14. The molecule has 0 spiro atoms. The molecule has 0 radical (unpaired) electrons. The van der Waals surface area contributed by atoms with E-state index in [2.05, 4.69) is 53.9 Å². The van der Waals surface area contributed by atoms with E-state index in [1.165, 1.54) is 14.0 Å². The van der Waals surface area contributed by atoms with Crippen molar-refractivity contribution in [2.24, 2.45) is 0 Å². The maximum absolute atomic E-state index is 5.44. The van der Waals surface area contributed by atoms with Gasteiger partial charge in [-0.05, 0) is 34.0 Å². The quantitative estimate of drug-likeness (QED) is 0.658. The molecule has 4 heterocycles. The average Bonchev–Trinajstić information content (AvgIpc) is 3.13. The standard InChI is InChI=1S/C14H13IN4OS/c15-10-1-6-21-12(10)9-7-16-13-11(9)14(18-8-17-13)19-2-4-20-5-3-19/h1,6-8H,2-5H2,(H,16,17,18). The number of H-pyrrole nitrogens is 1. The van der Waals surface area contributed by atoms with Gasteiger partial charge in [0, 0.05) is 33.3 Å². The molecule has 0 atom stereocenters. The summed E-state index contributed by atoms with van der Waals surface area (Å²) < 4.78 is 6.70. The minimum absolute atomic E-state index is 0.752. The van der Waals surface area contributed by atoms with Gasteiger partial charge in [0.25, 0.3) is 0 Å². The van der Waals surface area contributed by atoms with E-state index in [-0.39, 0.29) is 0 Å². The molecule has 108 valence electrons. The van der Waals surface area contributed by atoms with E-state index in [1.54, 1.807) is 17.7 Å². The highest BCUT2D eigenvalue weighted by Crippen LogP contribution is 2.38. The van der Waals surface area contributed by atoms with Crippen LogP contribution in [0.4, 0.5) is 5.82 Å². The zero-order valence-electron chi connectivity index (χ0n) is 11.2. The van der Waals surface area contributed by atoms with Gasteiger partial charge in [-0.25, -0.2) is 9.97 Å². The largest absolute Gasteiger partial charge is 0.378 e. The molecule has 0 bridgehead atoms. The topological polar surface area (TPSA) is 54.0 Å². The summed E-state index contributed by atoms with van der Waals surface area (Å²) in [6.45, 7) is 3.25. The first-order valence-corrected chi connectivity index (χ1v) is 8.68. The SMILES string of the molecule is Ic1ccsc1-c1c[nH]c2ncnc(N3CCOCC3)c12. The van der Waals surface area contributed by atoms with Gasteiger partial charge in [-0.1, -0.05) is 0 Å². The van der Waals surface area contributed by atoms with Gasteiger partial charge in [-0.3, -0.25) is 0 Å². The molecular formula is C14H13IN4OS. The van der Waals surface area contributed by atoms with Gasteiger partial charge in [0.2, 0.25) is 0 Å². The van der Waals surface area contributed by atoms with Crippen LogP contribution in [0.5, 0.6) is 0 Å². The Morgan fingerprint density at radius 1 is 1.29 bits per heavy atom. The summed E-state index contributed by atoms with van der Waals surface area (Å²) in [6.07, 6.45) is 3.67. The number of morpholine rings is 1. The summed E-state index contributed by atoms with van der Waals surface area (Å²) >= 11 is 4.13. The normalized spacial score (nSPS) is 15.8. The summed E-state index contributed by atoms with van der Waals surface area (Å²) in [5, 5.41) is 3.23. The van der Waals surface area contributed by atoms with Crippen molar-refractivity contribution in [3.8, 4) is 10.4 Å². The van der Waals surface area contributed by atoms with Crippen LogP contribution in [0.3, 0.4) is 0 Å². The third kappa shape index (κ3) is 2.33. The molecule has 0 aliphatic carbocycles. The number of aromatic nitrogens is 3. The zero-order chi connectivity index (χ0) is 14.2. The van der Waals surface area contributed by atoms with Gasteiger partial charge in [0.05, 0.1) is 18.6 Å². The first-order chi connectivity index (χ1) is 10.3. The Bertz CT molecular complexity index is 778. The molecule has 21 heavy (non-hydrogen) atoms. The van der Waals surface area contributed by atoms with Crippen LogP contribution in [0, 0.1) is 3.57 Å². The van der Waals surface area contributed by atoms with Crippen molar-refractivity contribution in [1.29, 1.82) is 0 Å². The van der Waals surface area contributed by atoms with Crippen molar-refractivity contribution in [2.75, 3.05) is 31.2 Å². The van der Waals surface area contributed by atoms with Crippen LogP contribution in [-0.4, -0.2) is 41.3 Å². The first kappa shape index (κ1) is 13.5. The van der Waals surface area contributed by atoms with Crippen LogP contribution in [0.15, 0.2) is 24.0 Å². The van der Waals surface area contributed by atoms with Crippen LogP contribution < -0.4 is 4.90 Å². The van der Waals surface area contributed by atoms with E-state index in [0.29, 0.717) is 0 Å². The molecular weight excluding hydrogens is 399 g/mol. The molecule has 4 rings (SSSR count). The van der Waals surface area contributed by atoms with Crippen LogP contribution in [0.2, 0.25) is 0 Å². The van der Waals surface area contributed by atoms with Gasteiger partial charge in [0.15, 0.2) is 0 Å². The van der Waals surface area contributed by atoms with Gasteiger partial charge in [0.1, 0.15) is 17.8 Å². The molecule has 3 aromatic rings. The maximum Gasteiger partial charge on any atom is 0.143 e. The van der Waals surface area contributed by atoms with Gasteiger partial charge in [-0.2, -0.15) is 0 Å². The lowest BCUT2D eigenvalue weighted by atomic mass is 10.2. The average molecular weight is 412 g/mol. The number of anilines is 1. The molecule has 5 nitrogen and oxygen atoms in total. The zero-order valence-corrected chi connectivity index (χ0v) is 14.1. The molecule has 0 amide bonds. The number of nitrogens with one attached hydrogen (secondary N) is 1. The van der Waals surface area contributed by atoms with Crippen molar-refractivity contribution in [2.45, 2.75) is 0 Å². The molecule has 1 saturated heterocycles. The molecule has 1 fully saturated rings. The molecule has 0 aromatic carbocycles. The molecule has 1 aliphatic heterocycles. The van der Waals surface area contributed by atoms with E-state index >= 15 is 0 Å². The number of thiophene rings is 1. The molecule has 3 aromatic heterocycles. The number of hydrogen-bond donors (Lipinski definition) is 1. The second-order valence-electron chi connectivity index (χ2n) is 4.82. The molecule has 1 aliphatic rings. The van der Waals surface area contributed by atoms with E-state index in [9.17, 15) is 0 Å². The van der Waals surface area contributed by atoms with Gasteiger partial charge < -0.3 is 14.6 Å². The van der Waals surface area contributed by atoms with Crippen molar-refractivity contribution in [3.63, 3.8) is 0 Å². The summed E-state index contributed by atoms with van der Waals surface area (Å²) in [7, 11) is 0. The predicted octanol–water partition coefficient (Wildman–Crippen LogP) is 3.13. The monoisotopic (exact) mass is 412 g/mol. The van der Waals surface area contributed by atoms with Gasteiger partial charge in [-0.15, -0.1) is 11.3 Å². The smallest absolute Gasteiger partial charge is 0.143 e. The Labute approximate surface area is 139 Å². The van der Waals surface area contributed by atoms with Crippen molar-refractivity contribution < 1.29 is 4.74 Å². The van der Waals surface area contributed by atoms with Crippen LogP contribution >= 0.6 is 33.9 Å². The fourth-order valence-electron chi connectivity index (χ4n) is 2.63. The number of halogens is 1. The number of fused-ring (bicyclic) bond motifs is 1. The van der Waals surface area contributed by atoms with E-state index in [4.69, 9.17) is 4.74 Å². The number of ether oxygens (including phenoxy) is 1. The predicted molar refractivity (Wildman–Crippen MR) is 93.0 cm³/mol. The minimum atomic E-state index is 0.752. The second kappa shape index (κ2) is 5.54. The van der Waals surface area contributed by atoms with Crippen LogP contribution in [0.25, 0.3) is 21.5 Å². The summed E-state index contributed by atoms with van der Waals surface area (Å²) in [4.78, 5) is 15.7. The van der Waals surface area contributed by atoms with Crippen LogP contribution in [0.1, 0.15) is 0 Å². The highest BCUT2D eigenvalue weighted by Gasteiger charge is 2.20. The maximum atomic E-state index is 5.44. The fraction of sp³-hybridized carbons (Fsp3) is 0.286. The second-order valence-corrected chi connectivity index (χ2v) is 6.90. The minimum Gasteiger partial charge on any atom is -0.378 e. The Morgan fingerprint density at radius 2 is 2.14 bits per heavy atom. The van der Waals surface area contributed by atoms with Crippen LogP contribution in [-0.2, 0) is 4.74 Å². The lowest BCUT2D eigenvalue weighted by Crippen LogP contribution is -2.36. The lowest BCUT2D eigenvalue weighted by molar-refractivity contribution is 0.122. The van der Waals surface area contributed by atoms with Crippen molar-refractivity contribution >= 4 is 50.8 Å². The molecule has 0 unspecified atom stereocenters. The summed E-state index contributed by atoms with van der Waals surface area (Å²) in [5.41, 5.74) is 2.08. The third-order valence-electron chi connectivity index (χ3n) is 3.62. The molecule has 0 saturated carbocycles. The number of hydrogen-bond acceptors (Lipinski definition) is 5. The van der Waals surface area contributed by atoms with E-state index < -0.39 is 0 Å². The van der Waals surface area contributed by atoms with E-state index in [0.717, 1.165) is 43.2 Å². The summed E-state index contributed by atoms with van der Waals surface area (Å²) in [5.74, 6) is 1.00. The molecule has 7 heteroatoms. The number of aromatic amines is 1. The Morgan fingerprint density at radius 3 is 2.90 bits per heavy atom. The van der Waals surface area contributed by atoms with Crippen molar-refractivity contribution in [1.82, 2.24) is 15.0 Å². The van der Waals surface area contributed by atoms with E-state index in [1.807, 2.05) is 6.20 Å². The van der Waals surface area contributed by atoms with Crippen molar-refractivity contribution in [3.05, 3.63) is 27.5 Å². The van der Waals surface area contributed by atoms with Gasteiger partial charge >= 0.3 is 0 Å². The Hall–Kier alpha value is -1.19. The fourth-order valence-corrected chi connectivity index (χ4v) is 4.53. The highest BCUT2D eigenvalue weighted by molar-refractivity contribution is 14.1. The third-order valence-corrected chi connectivity index (χ3v) is 5.83. The number of nitrogens with zero attached hydrogens (tertiary/aromatic N) is 3. The number of rotatable bonds is 2. The molecule has 1 N–H and O–H groups in total.